The van der Waals surface area contributed by atoms with Crippen LogP contribution in [0.3, 0.4) is 0 Å². The Balaban J connectivity index is 2.03. The Morgan fingerprint density at radius 1 is 1.33 bits per heavy atom. The Labute approximate surface area is 124 Å². The summed E-state index contributed by atoms with van der Waals surface area (Å²) in [6, 6.07) is 1.83. The topological polar surface area (TPSA) is 65.5 Å². The lowest BCUT2D eigenvalue weighted by atomic mass is 10.2. The molecule has 0 bridgehead atoms. The molecule has 0 radical (unpaired) electrons. The molecule has 1 aromatic heterocycles. The Kier molecular flexibility index (Phi) is 4.92. The minimum atomic E-state index is -0.161. The number of anilines is 1. The number of piperazine rings is 1. The smallest absolute Gasteiger partial charge is 0.253 e. The summed E-state index contributed by atoms with van der Waals surface area (Å²) in [5.74, 6) is -0.0584. The van der Waals surface area contributed by atoms with Crippen molar-refractivity contribution in [3.63, 3.8) is 0 Å². The summed E-state index contributed by atoms with van der Waals surface area (Å²) in [5, 5.41) is 2.73. The number of carbonyl (C=O) groups excluding carboxylic acids is 2. The molecular weight excluding hydrogens is 268 g/mol. The molecule has 1 aliphatic heterocycles. The van der Waals surface area contributed by atoms with Crippen LogP contribution in [0.2, 0.25) is 0 Å². The standard InChI is InChI=1S/C15H20N4O2/c1-3-4-17-15(21)13-9-14(11-16-10-13)19-7-5-18(6-8-19)12(2)20/h3,9-11H,1,4-8H2,2H3,(H,17,21). The Morgan fingerprint density at radius 2 is 2.05 bits per heavy atom. The first kappa shape index (κ1) is 15.0. The van der Waals surface area contributed by atoms with Gasteiger partial charge in [-0.05, 0) is 6.07 Å². The molecule has 1 fully saturated rings. The monoisotopic (exact) mass is 288 g/mol. The Hall–Kier alpha value is -2.37. The highest BCUT2D eigenvalue weighted by molar-refractivity contribution is 5.94. The van der Waals surface area contributed by atoms with Crippen molar-refractivity contribution in [3.8, 4) is 0 Å². The van der Waals surface area contributed by atoms with Crippen molar-refractivity contribution in [1.82, 2.24) is 15.2 Å². The van der Waals surface area contributed by atoms with Crippen LogP contribution in [-0.2, 0) is 4.79 Å². The van der Waals surface area contributed by atoms with Gasteiger partial charge in [0.15, 0.2) is 0 Å². The van der Waals surface area contributed by atoms with E-state index in [0.29, 0.717) is 25.2 Å². The second kappa shape index (κ2) is 6.88. The molecule has 1 N–H and O–H groups in total. The first-order valence-electron chi connectivity index (χ1n) is 6.96. The molecule has 0 unspecified atom stereocenters. The third-order valence-electron chi connectivity index (χ3n) is 3.48. The van der Waals surface area contributed by atoms with Gasteiger partial charge >= 0.3 is 0 Å². The molecule has 0 saturated carbocycles. The zero-order chi connectivity index (χ0) is 15.2. The van der Waals surface area contributed by atoms with Crippen LogP contribution in [0.15, 0.2) is 31.1 Å². The number of amides is 2. The molecule has 6 heteroatoms. The van der Waals surface area contributed by atoms with E-state index in [1.807, 2.05) is 11.0 Å². The molecule has 21 heavy (non-hydrogen) atoms. The maximum Gasteiger partial charge on any atom is 0.253 e. The number of carbonyl (C=O) groups is 2. The molecular formula is C15H20N4O2. The van der Waals surface area contributed by atoms with E-state index in [2.05, 4.69) is 21.8 Å². The van der Waals surface area contributed by atoms with Crippen molar-refractivity contribution in [3.05, 3.63) is 36.7 Å². The Bertz CT molecular complexity index is 536. The number of hydrogen-bond acceptors (Lipinski definition) is 4. The van der Waals surface area contributed by atoms with Crippen LogP contribution >= 0.6 is 0 Å². The van der Waals surface area contributed by atoms with Crippen LogP contribution < -0.4 is 10.2 Å². The van der Waals surface area contributed by atoms with Crippen molar-refractivity contribution in [2.24, 2.45) is 0 Å². The zero-order valence-corrected chi connectivity index (χ0v) is 12.2. The highest BCUT2D eigenvalue weighted by Crippen LogP contribution is 2.17. The van der Waals surface area contributed by atoms with Gasteiger partial charge in [0, 0.05) is 45.8 Å². The second-order valence-corrected chi connectivity index (χ2v) is 4.92. The molecule has 2 rings (SSSR count). The van der Waals surface area contributed by atoms with Gasteiger partial charge in [-0.15, -0.1) is 6.58 Å². The lowest BCUT2D eigenvalue weighted by Crippen LogP contribution is -2.48. The lowest BCUT2D eigenvalue weighted by molar-refractivity contribution is -0.129. The van der Waals surface area contributed by atoms with Crippen molar-refractivity contribution < 1.29 is 9.59 Å². The number of pyridine rings is 1. The maximum atomic E-state index is 11.9. The van der Waals surface area contributed by atoms with Gasteiger partial charge in [0.1, 0.15) is 0 Å². The van der Waals surface area contributed by atoms with Gasteiger partial charge in [-0.25, -0.2) is 0 Å². The van der Waals surface area contributed by atoms with Crippen molar-refractivity contribution in [2.75, 3.05) is 37.6 Å². The van der Waals surface area contributed by atoms with Gasteiger partial charge in [-0.1, -0.05) is 6.08 Å². The van der Waals surface area contributed by atoms with E-state index >= 15 is 0 Å². The minimum absolute atomic E-state index is 0.102. The van der Waals surface area contributed by atoms with E-state index in [-0.39, 0.29) is 11.8 Å². The maximum absolute atomic E-state index is 11.9. The summed E-state index contributed by atoms with van der Waals surface area (Å²) in [4.78, 5) is 31.3. The summed E-state index contributed by atoms with van der Waals surface area (Å²) in [6.45, 7) is 8.48. The van der Waals surface area contributed by atoms with Crippen molar-refractivity contribution >= 4 is 17.5 Å². The SMILES string of the molecule is C=CCNC(=O)c1cncc(N2CCN(C(C)=O)CC2)c1. The molecule has 6 nitrogen and oxygen atoms in total. The first-order valence-corrected chi connectivity index (χ1v) is 6.96. The van der Waals surface area contributed by atoms with E-state index in [9.17, 15) is 9.59 Å². The number of rotatable bonds is 4. The molecule has 2 amide bonds. The van der Waals surface area contributed by atoms with Crippen molar-refractivity contribution in [1.29, 1.82) is 0 Å². The molecule has 112 valence electrons. The van der Waals surface area contributed by atoms with Crippen LogP contribution in [0.4, 0.5) is 5.69 Å². The fourth-order valence-corrected chi connectivity index (χ4v) is 2.27. The van der Waals surface area contributed by atoms with Gasteiger partial charge in [0.25, 0.3) is 5.91 Å². The zero-order valence-electron chi connectivity index (χ0n) is 12.2. The normalized spacial score (nSPS) is 14.7. The summed E-state index contributed by atoms with van der Waals surface area (Å²) in [5.41, 5.74) is 1.44. The molecule has 0 atom stereocenters. The van der Waals surface area contributed by atoms with E-state index in [4.69, 9.17) is 0 Å². The molecule has 1 saturated heterocycles. The Morgan fingerprint density at radius 3 is 2.67 bits per heavy atom. The highest BCUT2D eigenvalue weighted by Gasteiger charge is 2.19. The predicted octanol–water partition coefficient (Wildman–Crippen LogP) is 0.666. The third-order valence-corrected chi connectivity index (χ3v) is 3.48. The fraction of sp³-hybridized carbons (Fsp3) is 0.400. The summed E-state index contributed by atoms with van der Waals surface area (Å²) in [6.07, 6.45) is 4.93. The number of nitrogens with zero attached hydrogens (tertiary/aromatic N) is 3. The first-order chi connectivity index (χ1) is 10.1. The second-order valence-electron chi connectivity index (χ2n) is 4.92. The fourth-order valence-electron chi connectivity index (χ4n) is 2.27. The lowest BCUT2D eigenvalue weighted by Gasteiger charge is -2.35. The number of nitrogens with one attached hydrogen (secondary N) is 1. The molecule has 0 spiro atoms. The van der Waals surface area contributed by atoms with Gasteiger partial charge < -0.3 is 15.1 Å². The van der Waals surface area contributed by atoms with Crippen LogP contribution in [0.5, 0.6) is 0 Å². The van der Waals surface area contributed by atoms with Gasteiger partial charge in [0.05, 0.1) is 17.4 Å². The van der Waals surface area contributed by atoms with Gasteiger partial charge in [-0.2, -0.15) is 0 Å². The van der Waals surface area contributed by atoms with Gasteiger partial charge in [-0.3, -0.25) is 14.6 Å². The number of hydrogen-bond donors (Lipinski definition) is 1. The molecule has 0 aromatic carbocycles. The molecule has 0 aliphatic carbocycles. The van der Waals surface area contributed by atoms with E-state index in [1.165, 1.54) is 0 Å². The van der Waals surface area contributed by atoms with Crippen LogP contribution in [0, 0.1) is 0 Å². The predicted molar refractivity (Wildman–Crippen MR) is 81.2 cm³/mol. The highest BCUT2D eigenvalue weighted by atomic mass is 16.2. The third kappa shape index (κ3) is 3.81. The number of aromatic nitrogens is 1. The molecule has 2 heterocycles. The summed E-state index contributed by atoms with van der Waals surface area (Å²) < 4.78 is 0. The molecule has 1 aromatic rings. The molecule has 1 aliphatic rings. The van der Waals surface area contributed by atoms with Crippen LogP contribution in [-0.4, -0.2) is 54.4 Å². The van der Waals surface area contributed by atoms with Crippen LogP contribution in [0.1, 0.15) is 17.3 Å². The van der Waals surface area contributed by atoms with Gasteiger partial charge in [0.2, 0.25) is 5.91 Å². The largest absolute Gasteiger partial charge is 0.367 e. The van der Waals surface area contributed by atoms with E-state index in [0.717, 1.165) is 18.8 Å². The average Bonchev–Trinajstić information content (AvgIpc) is 2.52. The van der Waals surface area contributed by atoms with Crippen LogP contribution in [0.25, 0.3) is 0 Å². The van der Waals surface area contributed by atoms with E-state index in [1.54, 1.807) is 25.4 Å². The van der Waals surface area contributed by atoms with E-state index < -0.39 is 0 Å². The summed E-state index contributed by atoms with van der Waals surface area (Å²) >= 11 is 0. The average molecular weight is 288 g/mol. The van der Waals surface area contributed by atoms with Crippen molar-refractivity contribution in [2.45, 2.75) is 6.92 Å². The minimum Gasteiger partial charge on any atom is -0.367 e. The summed E-state index contributed by atoms with van der Waals surface area (Å²) in [7, 11) is 0. The quantitative estimate of drug-likeness (QED) is 0.827.